The topological polar surface area (TPSA) is 47.9 Å². The molecule has 0 aromatic rings. The van der Waals surface area contributed by atoms with E-state index < -0.39 is 20.2 Å². The number of aliphatic hydroxyl groups is 1. The number of aliphatic hydroxyl groups excluding tert-OH is 1. The molecular formula is C16H34O4Si. The van der Waals surface area contributed by atoms with Crippen molar-refractivity contribution in [1.29, 1.82) is 0 Å². The Kier molecular flexibility index (Phi) is 6.06. The second kappa shape index (κ2) is 6.67. The van der Waals surface area contributed by atoms with Gasteiger partial charge in [-0.1, -0.05) is 27.7 Å². The van der Waals surface area contributed by atoms with Gasteiger partial charge >= 0.3 is 0 Å². The SMILES string of the molecule is CC(C(O)CCO[Si](C)(C)C(C)(C)C)[C@H]1COC(C)(C)O1. The van der Waals surface area contributed by atoms with Crippen LogP contribution in [-0.4, -0.2) is 44.6 Å². The number of hydrogen-bond donors (Lipinski definition) is 1. The van der Waals surface area contributed by atoms with Gasteiger partial charge in [-0.2, -0.15) is 0 Å². The number of ether oxygens (including phenoxy) is 2. The molecule has 1 heterocycles. The van der Waals surface area contributed by atoms with Crippen LogP contribution in [-0.2, 0) is 13.9 Å². The molecule has 1 rings (SSSR count). The molecule has 0 aromatic heterocycles. The van der Waals surface area contributed by atoms with Crippen molar-refractivity contribution in [3.8, 4) is 0 Å². The van der Waals surface area contributed by atoms with Gasteiger partial charge in [-0.25, -0.2) is 0 Å². The summed E-state index contributed by atoms with van der Waals surface area (Å²) in [7, 11) is -1.73. The summed E-state index contributed by atoms with van der Waals surface area (Å²) in [5.41, 5.74) is 0. The zero-order valence-corrected chi connectivity index (χ0v) is 16.0. The van der Waals surface area contributed by atoms with Crippen LogP contribution in [0.25, 0.3) is 0 Å². The molecule has 4 nitrogen and oxygen atoms in total. The summed E-state index contributed by atoms with van der Waals surface area (Å²) in [5.74, 6) is -0.481. The van der Waals surface area contributed by atoms with E-state index in [0.29, 0.717) is 19.6 Å². The van der Waals surface area contributed by atoms with Crippen molar-refractivity contribution in [3.63, 3.8) is 0 Å². The van der Waals surface area contributed by atoms with Crippen molar-refractivity contribution in [3.05, 3.63) is 0 Å². The minimum Gasteiger partial charge on any atom is -0.417 e. The summed E-state index contributed by atoms with van der Waals surface area (Å²) in [6.45, 7) is 18.1. The Labute approximate surface area is 131 Å². The summed E-state index contributed by atoms with van der Waals surface area (Å²) in [6, 6.07) is 0. The highest BCUT2D eigenvalue weighted by Crippen LogP contribution is 2.36. The predicted octanol–water partition coefficient (Wildman–Crippen LogP) is 3.55. The largest absolute Gasteiger partial charge is 0.417 e. The van der Waals surface area contributed by atoms with Gasteiger partial charge in [0.15, 0.2) is 14.1 Å². The molecule has 0 bridgehead atoms. The highest BCUT2D eigenvalue weighted by atomic mass is 28.4. The second-order valence-electron chi connectivity index (χ2n) is 8.19. The van der Waals surface area contributed by atoms with E-state index in [0.717, 1.165) is 0 Å². The van der Waals surface area contributed by atoms with E-state index in [-0.39, 0.29) is 17.1 Å². The Bertz CT molecular complexity index is 336. The third-order valence-corrected chi connectivity index (χ3v) is 9.44. The smallest absolute Gasteiger partial charge is 0.191 e. The van der Waals surface area contributed by atoms with Crippen molar-refractivity contribution < 1.29 is 19.0 Å². The minimum absolute atomic E-state index is 0.0390. The molecule has 0 radical (unpaired) electrons. The molecule has 2 unspecified atom stereocenters. The van der Waals surface area contributed by atoms with Crippen molar-refractivity contribution in [2.45, 2.75) is 84.1 Å². The lowest BCUT2D eigenvalue weighted by molar-refractivity contribution is -0.148. The highest BCUT2D eigenvalue weighted by Gasteiger charge is 2.39. The fourth-order valence-electron chi connectivity index (χ4n) is 2.14. The van der Waals surface area contributed by atoms with Crippen LogP contribution < -0.4 is 0 Å². The average Bonchev–Trinajstić information content (AvgIpc) is 2.66. The third kappa shape index (κ3) is 5.32. The molecule has 1 saturated heterocycles. The molecule has 0 spiro atoms. The van der Waals surface area contributed by atoms with Gasteiger partial charge in [0, 0.05) is 12.5 Å². The molecule has 1 aliphatic heterocycles. The van der Waals surface area contributed by atoms with Gasteiger partial charge in [-0.05, 0) is 38.4 Å². The molecule has 0 aliphatic carbocycles. The zero-order valence-electron chi connectivity index (χ0n) is 15.0. The van der Waals surface area contributed by atoms with Gasteiger partial charge < -0.3 is 19.0 Å². The maximum absolute atomic E-state index is 10.3. The molecule has 5 heteroatoms. The van der Waals surface area contributed by atoms with E-state index >= 15 is 0 Å². The fraction of sp³-hybridized carbons (Fsp3) is 1.00. The van der Waals surface area contributed by atoms with Crippen LogP contribution in [0.5, 0.6) is 0 Å². The van der Waals surface area contributed by atoms with Crippen LogP contribution in [0.15, 0.2) is 0 Å². The summed E-state index contributed by atoms with van der Waals surface area (Å²) in [5, 5.41) is 10.6. The first-order valence-electron chi connectivity index (χ1n) is 7.99. The van der Waals surface area contributed by atoms with E-state index in [4.69, 9.17) is 13.9 Å². The molecule has 1 fully saturated rings. The monoisotopic (exact) mass is 318 g/mol. The van der Waals surface area contributed by atoms with Crippen molar-refractivity contribution in [1.82, 2.24) is 0 Å². The van der Waals surface area contributed by atoms with Gasteiger partial charge in [0.25, 0.3) is 0 Å². The van der Waals surface area contributed by atoms with E-state index in [1.165, 1.54) is 0 Å². The summed E-state index contributed by atoms with van der Waals surface area (Å²) in [4.78, 5) is 0. The van der Waals surface area contributed by atoms with Crippen molar-refractivity contribution >= 4 is 8.32 Å². The van der Waals surface area contributed by atoms with Crippen LogP contribution in [0.3, 0.4) is 0 Å². The molecule has 0 saturated carbocycles. The van der Waals surface area contributed by atoms with Crippen LogP contribution in [0.4, 0.5) is 0 Å². The Balaban J connectivity index is 2.39. The standard InChI is InChI=1S/C16H34O4Si/c1-12(14-11-18-16(5,6)20-14)13(17)9-10-19-21(7,8)15(2,3)4/h12-14,17H,9-11H2,1-8H3/t12?,13?,14-/m1/s1. The average molecular weight is 319 g/mol. The molecule has 0 amide bonds. The van der Waals surface area contributed by atoms with Gasteiger partial charge in [0.1, 0.15) is 0 Å². The second-order valence-corrected chi connectivity index (χ2v) is 13.0. The van der Waals surface area contributed by atoms with Crippen LogP contribution in [0.1, 0.15) is 48.0 Å². The van der Waals surface area contributed by atoms with Gasteiger partial charge in [0.05, 0.1) is 18.8 Å². The predicted molar refractivity (Wildman–Crippen MR) is 87.8 cm³/mol. The minimum atomic E-state index is -1.73. The van der Waals surface area contributed by atoms with Gasteiger partial charge in [0.2, 0.25) is 0 Å². The Hall–Kier alpha value is 0.0569. The first-order chi connectivity index (χ1) is 9.36. The normalized spacial score (nSPS) is 25.9. The first kappa shape index (κ1) is 19.1. The molecule has 3 atom stereocenters. The molecule has 21 heavy (non-hydrogen) atoms. The third-order valence-electron chi connectivity index (χ3n) is 4.91. The summed E-state index contributed by atoms with van der Waals surface area (Å²) < 4.78 is 17.5. The highest BCUT2D eigenvalue weighted by molar-refractivity contribution is 6.74. The quantitative estimate of drug-likeness (QED) is 0.761. The Morgan fingerprint density at radius 3 is 2.33 bits per heavy atom. The van der Waals surface area contributed by atoms with Crippen molar-refractivity contribution in [2.75, 3.05) is 13.2 Å². The van der Waals surface area contributed by atoms with Gasteiger partial charge in [-0.3, -0.25) is 0 Å². The molecule has 1 N–H and O–H groups in total. The number of hydrogen-bond acceptors (Lipinski definition) is 4. The fourth-order valence-corrected chi connectivity index (χ4v) is 3.20. The number of rotatable bonds is 6. The summed E-state index contributed by atoms with van der Waals surface area (Å²) in [6.07, 6.45) is 0.189. The molecular weight excluding hydrogens is 284 g/mol. The van der Waals surface area contributed by atoms with Gasteiger partial charge in [-0.15, -0.1) is 0 Å². The Morgan fingerprint density at radius 2 is 1.90 bits per heavy atom. The van der Waals surface area contributed by atoms with E-state index in [2.05, 4.69) is 33.9 Å². The zero-order chi connectivity index (χ0) is 16.5. The first-order valence-corrected chi connectivity index (χ1v) is 10.9. The maximum atomic E-state index is 10.3. The molecule has 0 aromatic carbocycles. The van der Waals surface area contributed by atoms with Crippen LogP contribution >= 0.6 is 0 Å². The van der Waals surface area contributed by atoms with E-state index in [1.807, 2.05) is 20.8 Å². The van der Waals surface area contributed by atoms with E-state index in [1.54, 1.807) is 0 Å². The van der Waals surface area contributed by atoms with Crippen molar-refractivity contribution in [2.24, 2.45) is 5.92 Å². The maximum Gasteiger partial charge on any atom is 0.191 e. The lowest BCUT2D eigenvalue weighted by Gasteiger charge is -2.36. The lowest BCUT2D eigenvalue weighted by Crippen LogP contribution is -2.42. The Morgan fingerprint density at radius 1 is 1.33 bits per heavy atom. The van der Waals surface area contributed by atoms with Crippen LogP contribution in [0.2, 0.25) is 18.1 Å². The molecule has 1 aliphatic rings. The van der Waals surface area contributed by atoms with Crippen LogP contribution in [0, 0.1) is 5.92 Å². The van der Waals surface area contributed by atoms with E-state index in [9.17, 15) is 5.11 Å². The lowest BCUT2D eigenvalue weighted by atomic mass is 9.96. The molecule has 126 valence electrons. The summed E-state index contributed by atoms with van der Waals surface area (Å²) >= 11 is 0.